The lowest BCUT2D eigenvalue weighted by molar-refractivity contribution is -0.137. The Hall–Kier alpha value is -2.88. The molecular formula is C35H59N5O5. The van der Waals surface area contributed by atoms with Crippen LogP contribution in [0.5, 0.6) is 0 Å². The highest BCUT2D eigenvalue weighted by Gasteiger charge is 2.37. The molecule has 3 amide bonds. The lowest BCUT2D eigenvalue weighted by Gasteiger charge is -2.34. The van der Waals surface area contributed by atoms with Crippen molar-refractivity contribution in [2.45, 2.75) is 148 Å². The zero-order valence-corrected chi connectivity index (χ0v) is 28.3. The van der Waals surface area contributed by atoms with Crippen molar-refractivity contribution in [1.29, 1.82) is 0 Å². The van der Waals surface area contributed by atoms with E-state index in [2.05, 4.69) is 46.3 Å². The van der Waals surface area contributed by atoms with E-state index < -0.39 is 41.8 Å². The fraction of sp³-hybridized carbons (Fsp3) is 0.771. The molecule has 254 valence electrons. The first-order valence-electron chi connectivity index (χ1n) is 17.2. The molecule has 0 aromatic carbocycles. The van der Waals surface area contributed by atoms with Crippen LogP contribution in [0.25, 0.3) is 0 Å². The van der Waals surface area contributed by atoms with E-state index in [1.807, 2.05) is 26.8 Å². The zero-order chi connectivity index (χ0) is 33.0. The van der Waals surface area contributed by atoms with Crippen molar-refractivity contribution >= 4 is 17.9 Å². The van der Waals surface area contributed by atoms with Crippen LogP contribution in [0.1, 0.15) is 117 Å². The largest absolute Gasteiger partial charge is 0.436 e. The van der Waals surface area contributed by atoms with E-state index in [9.17, 15) is 19.5 Å². The molecule has 0 spiro atoms. The Morgan fingerprint density at radius 2 is 1.69 bits per heavy atom. The second-order valence-electron chi connectivity index (χ2n) is 14.7. The molecular weight excluding hydrogens is 570 g/mol. The van der Waals surface area contributed by atoms with Gasteiger partial charge in [0.1, 0.15) is 6.04 Å². The number of aromatic amines is 1. The van der Waals surface area contributed by atoms with Gasteiger partial charge in [0.2, 0.25) is 5.91 Å². The Kier molecular flexibility index (Phi) is 14.4. The Bertz CT molecular complexity index is 1060. The summed E-state index contributed by atoms with van der Waals surface area (Å²) in [6.45, 7) is 13.7. The van der Waals surface area contributed by atoms with Crippen molar-refractivity contribution in [3.8, 4) is 0 Å². The third kappa shape index (κ3) is 12.4. The third-order valence-electron chi connectivity index (χ3n) is 9.44. The monoisotopic (exact) mass is 629 g/mol. The lowest BCUT2D eigenvalue weighted by Crippen LogP contribution is -2.57. The first kappa shape index (κ1) is 36.6. The number of hydrogen-bond donors (Lipinski definition) is 5. The molecule has 0 saturated heterocycles. The smallest absolute Gasteiger partial charge is 0.408 e. The van der Waals surface area contributed by atoms with E-state index in [1.165, 1.54) is 12.7 Å². The first-order chi connectivity index (χ1) is 21.4. The molecule has 3 rings (SSSR count). The second kappa shape index (κ2) is 17.7. The van der Waals surface area contributed by atoms with Gasteiger partial charge in [-0.2, -0.15) is 0 Å². The molecule has 0 aliphatic heterocycles. The SMILES string of the molecule is C=C[C@@H](C[C@H](O)[C@H](CC1CCCCC1)NC(=O)[C@H](Cc1cnc[nH]1)NC(=O)[C@@H](OC(=O)NC(C)(C)C)C1CCCCC1)C(C)C. The van der Waals surface area contributed by atoms with Gasteiger partial charge in [-0.1, -0.05) is 71.3 Å². The van der Waals surface area contributed by atoms with Crippen molar-refractivity contribution < 1.29 is 24.2 Å². The molecule has 2 saturated carbocycles. The molecule has 0 unspecified atom stereocenters. The number of nitrogens with zero attached hydrogens (tertiary/aromatic N) is 1. The quantitative estimate of drug-likeness (QED) is 0.160. The summed E-state index contributed by atoms with van der Waals surface area (Å²) in [5.41, 5.74) is 0.161. The van der Waals surface area contributed by atoms with Crippen molar-refractivity contribution in [3.05, 3.63) is 30.9 Å². The van der Waals surface area contributed by atoms with Gasteiger partial charge in [0.25, 0.3) is 5.91 Å². The van der Waals surface area contributed by atoms with E-state index in [1.54, 1.807) is 6.20 Å². The van der Waals surface area contributed by atoms with Crippen LogP contribution in [0.15, 0.2) is 25.2 Å². The van der Waals surface area contributed by atoms with Crippen LogP contribution < -0.4 is 16.0 Å². The number of aromatic nitrogens is 2. The predicted octanol–water partition coefficient (Wildman–Crippen LogP) is 5.58. The van der Waals surface area contributed by atoms with Gasteiger partial charge in [0.05, 0.1) is 18.5 Å². The summed E-state index contributed by atoms with van der Waals surface area (Å²) in [5.74, 6) is -0.152. The van der Waals surface area contributed by atoms with Gasteiger partial charge >= 0.3 is 6.09 Å². The normalized spacial score (nSPS) is 20.0. The molecule has 2 aliphatic rings. The number of ether oxygens (including phenoxy) is 1. The van der Waals surface area contributed by atoms with Gasteiger partial charge in [0, 0.05) is 29.8 Å². The van der Waals surface area contributed by atoms with E-state index in [0.717, 1.165) is 57.8 Å². The van der Waals surface area contributed by atoms with Gasteiger partial charge in [-0.25, -0.2) is 9.78 Å². The fourth-order valence-corrected chi connectivity index (χ4v) is 6.79. The van der Waals surface area contributed by atoms with Crippen molar-refractivity contribution in [3.63, 3.8) is 0 Å². The molecule has 10 heteroatoms. The molecule has 5 N–H and O–H groups in total. The second-order valence-corrected chi connectivity index (χ2v) is 14.7. The Labute approximate surface area is 270 Å². The summed E-state index contributed by atoms with van der Waals surface area (Å²) in [7, 11) is 0. The molecule has 1 aromatic heterocycles. The molecule has 2 fully saturated rings. The number of alkyl carbamates (subject to hydrolysis) is 1. The molecule has 0 radical (unpaired) electrons. The number of amides is 3. The van der Waals surface area contributed by atoms with E-state index >= 15 is 0 Å². The molecule has 1 heterocycles. The fourth-order valence-electron chi connectivity index (χ4n) is 6.79. The predicted molar refractivity (Wildman–Crippen MR) is 176 cm³/mol. The number of carbonyl (C=O) groups is 3. The number of H-pyrrole nitrogens is 1. The third-order valence-corrected chi connectivity index (χ3v) is 9.44. The summed E-state index contributed by atoms with van der Waals surface area (Å²) >= 11 is 0. The van der Waals surface area contributed by atoms with Gasteiger partial charge in [-0.05, 0) is 64.2 Å². The molecule has 2 aliphatic carbocycles. The molecule has 10 nitrogen and oxygen atoms in total. The summed E-state index contributed by atoms with van der Waals surface area (Å²) in [4.78, 5) is 47.9. The molecule has 45 heavy (non-hydrogen) atoms. The highest BCUT2D eigenvalue weighted by atomic mass is 16.6. The minimum Gasteiger partial charge on any atom is -0.436 e. The van der Waals surface area contributed by atoms with E-state index in [4.69, 9.17) is 4.74 Å². The van der Waals surface area contributed by atoms with E-state index in [0.29, 0.717) is 30.4 Å². The van der Waals surface area contributed by atoms with Gasteiger partial charge in [-0.3, -0.25) is 9.59 Å². The maximum atomic E-state index is 14.0. The van der Waals surface area contributed by atoms with Crippen LogP contribution in [0.3, 0.4) is 0 Å². The van der Waals surface area contributed by atoms with Crippen LogP contribution in [0.4, 0.5) is 4.79 Å². The summed E-state index contributed by atoms with van der Waals surface area (Å²) < 4.78 is 5.78. The van der Waals surface area contributed by atoms with Gasteiger partial charge in [0.15, 0.2) is 6.10 Å². The highest BCUT2D eigenvalue weighted by molar-refractivity contribution is 5.90. The van der Waals surface area contributed by atoms with Crippen LogP contribution in [-0.2, 0) is 20.7 Å². The minimum absolute atomic E-state index is 0.110. The van der Waals surface area contributed by atoms with Crippen molar-refractivity contribution in [2.75, 3.05) is 0 Å². The highest BCUT2D eigenvalue weighted by Crippen LogP contribution is 2.31. The lowest BCUT2D eigenvalue weighted by atomic mass is 9.81. The van der Waals surface area contributed by atoms with Crippen molar-refractivity contribution in [2.24, 2.45) is 23.7 Å². The number of nitrogens with one attached hydrogen (secondary N) is 4. The maximum absolute atomic E-state index is 14.0. The average Bonchev–Trinajstić information content (AvgIpc) is 3.51. The number of allylic oxidation sites excluding steroid dienone is 1. The number of carbonyl (C=O) groups excluding carboxylic acids is 3. The van der Waals surface area contributed by atoms with Crippen molar-refractivity contribution in [1.82, 2.24) is 25.9 Å². The first-order valence-corrected chi connectivity index (χ1v) is 17.2. The average molecular weight is 630 g/mol. The van der Waals surface area contributed by atoms with E-state index in [-0.39, 0.29) is 24.2 Å². The summed E-state index contributed by atoms with van der Waals surface area (Å²) in [6.07, 6.45) is 14.2. The van der Waals surface area contributed by atoms with Gasteiger partial charge < -0.3 is 30.8 Å². The van der Waals surface area contributed by atoms with Crippen LogP contribution in [0, 0.1) is 23.7 Å². The molecule has 1 aromatic rings. The van der Waals surface area contributed by atoms with Gasteiger partial charge in [-0.15, -0.1) is 6.58 Å². The zero-order valence-electron chi connectivity index (χ0n) is 28.3. The number of aliphatic hydroxyl groups excluding tert-OH is 1. The van der Waals surface area contributed by atoms with Crippen LogP contribution in [-0.4, -0.2) is 62.8 Å². The van der Waals surface area contributed by atoms with Crippen LogP contribution in [0.2, 0.25) is 0 Å². The number of hydrogen-bond acceptors (Lipinski definition) is 6. The Morgan fingerprint density at radius 3 is 2.24 bits per heavy atom. The summed E-state index contributed by atoms with van der Waals surface area (Å²) in [6, 6.07) is -1.43. The number of aliphatic hydroxyl groups is 1. The number of rotatable bonds is 15. The Morgan fingerprint density at radius 1 is 1.04 bits per heavy atom. The number of imidazole rings is 1. The molecule has 5 atom stereocenters. The topological polar surface area (TPSA) is 145 Å². The standard InChI is InChI=1S/C35H59N5O5/c1-7-25(23(2)3)19-30(41)28(18-24-14-10-8-11-15-24)38-32(42)29(20-27-21-36-22-37-27)39-33(43)31(26-16-12-9-13-17-26)45-34(44)40-35(4,5)6/h7,21-26,28-31,41H,1,8-20H2,2-6H3,(H,36,37)(H,38,42)(H,39,43)(H,40,44)/t25-,28-,29-,30-,31-/m0/s1. The minimum atomic E-state index is -1.02. The molecule has 0 bridgehead atoms. The van der Waals surface area contributed by atoms with Crippen LogP contribution >= 0.6 is 0 Å². The Balaban J connectivity index is 1.82. The summed E-state index contributed by atoms with van der Waals surface area (Å²) in [5, 5.41) is 20.4. The maximum Gasteiger partial charge on any atom is 0.408 e.